The van der Waals surface area contributed by atoms with Gasteiger partial charge in [0.2, 0.25) is 5.95 Å². The predicted molar refractivity (Wildman–Crippen MR) is 111 cm³/mol. The van der Waals surface area contributed by atoms with Gasteiger partial charge in [-0.1, -0.05) is 0 Å². The van der Waals surface area contributed by atoms with Crippen molar-refractivity contribution < 1.29 is 0 Å². The van der Waals surface area contributed by atoms with Crippen molar-refractivity contribution in [1.29, 1.82) is 0 Å². The van der Waals surface area contributed by atoms with E-state index in [1.165, 1.54) is 12.8 Å². The molecule has 0 saturated carbocycles. The van der Waals surface area contributed by atoms with Crippen LogP contribution in [0.1, 0.15) is 37.1 Å². The Morgan fingerprint density at radius 1 is 0.741 bits per heavy atom. The van der Waals surface area contributed by atoms with Crippen molar-refractivity contribution in [2.24, 2.45) is 5.73 Å². The van der Waals surface area contributed by atoms with Crippen LogP contribution in [0.3, 0.4) is 0 Å². The molecule has 9 nitrogen and oxygen atoms in total. The average molecular weight is 376 g/mol. The minimum atomic E-state index is 0.209. The molecular formula is C18H33N9. The summed E-state index contributed by atoms with van der Waals surface area (Å²) < 4.78 is 0. The Morgan fingerprint density at radius 3 is 2.07 bits per heavy atom. The normalized spacial score (nSPS) is 11.2. The van der Waals surface area contributed by atoms with Gasteiger partial charge in [0, 0.05) is 6.54 Å². The van der Waals surface area contributed by atoms with E-state index in [9.17, 15) is 0 Å². The number of anilines is 2. The topological polar surface area (TPSA) is 140 Å². The van der Waals surface area contributed by atoms with E-state index in [0.29, 0.717) is 17.0 Å². The molecule has 2 aromatic heterocycles. The Balaban J connectivity index is 1.65. The van der Waals surface area contributed by atoms with Gasteiger partial charge in [-0.2, -0.15) is 9.97 Å². The predicted octanol–water partition coefficient (Wildman–Crippen LogP) is 0.729. The van der Waals surface area contributed by atoms with Crippen molar-refractivity contribution in [3.63, 3.8) is 0 Å². The number of unbranched alkanes of at least 4 members (excludes halogenated alkanes) is 1. The summed E-state index contributed by atoms with van der Waals surface area (Å²) in [5, 5.41) is 10.2. The number of hydrogen-bond acceptors (Lipinski definition) is 9. The van der Waals surface area contributed by atoms with E-state index in [-0.39, 0.29) is 5.95 Å². The third-order valence-electron chi connectivity index (χ3n) is 4.30. The highest BCUT2D eigenvalue weighted by Gasteiger charge is 2.10. The molecule has 0 bridgehead atoms. The largest absolute Gasteiger partial charge is 0.368 e. The summed E-state index contributed by atoms with van der Waals surface area (Å²) >= 11 is 0. The van der Waals surface area contributed by atoms with Gasteiger partial charge in [-0.05, 0) is 72.3 Å². The van der Waals surface area contributed by atoms with Gasteiger partial charge in [-0.15, -0.1) is 0 Å². The number of aromatic nitrogens is 4. The number of aryl methyl sites for hydroxylation is 2. The minimum absolute atomic E-state index is 0.209. The lowest BCUT2D eigenvalue weighted by atomic mass is 10.3. The fourth-order valence-electron chi connectivity index (χ4n) is 2.65. The quantitative estimate of drug-likeness (QED) is 0.320. The highest BCUT2D eigenvalue weighted by Crippen LogP contribution is 2.19. The van der Waals surface area contributed by atoms with E-state index in [2.05, 4.69) is 35.9 Å². The number of hydrogen-bond donors (Lipinski definition) is 5. The summed E-state index contributed by atoms with van der Waals surface area (Å²) in [4.78, 5) is 17.5. The minimum Gasteiger partial charge on any atom is -0.368 e. The number of fused-ring (bicyclic) bond motifs is 1. The van der Waals surface area contributed by atoms with Crippen LogP contribution in [0.4, 0.5) is 11.8 Å². The highest BCUT2D eigenvalue weighted by molar-refractivity contribution is 5.83. The van der Waals surface area contributed by atoms with E-state index >= 15 is 0 Å². The Morgan fingerprint density at radius 2 is 1.37 bits per heavy atom. The van der Waals surface area contributed by atoms with Crippen LogP contribution in [0.15, 0.2) is 0 Å². The molecule has 0 fully saturated rings. The third-order valence-corrected chi connectivity index (χ3v) is 4.30. The standard InChI is InChI=1S/C18H33N9/c1-13-14(2)25-17-15(24-13)16(26-18(20)27-17)23-12-6-11-22-9-4-3-8-21-10-5-7-19/h21-22H,3-12,19H2,1-2H3,(H3,20,23,25,26,27). The van der Waals surface area contributed by atoms with Gasteiger partial charge < -0.3 is 27.4 Å². The zero-order chi connectivity index (χ0) is 19.5. The molecule has 150 valence electrons. The molecule has 27 heavy (non-hydrogen) atoms. The van der Waals surface area contributed by atoms with Crippen LogP contribution in [-0.2, 0) is 0 Å². The molecular weight excluding hydrogens is 342 g/mol. The molecule has 0 atom stereocenters. The van der Waals surface area contributed by atoms with Crippen LogP contribution in [-0.4, -0.2) is 59.2 Å². The zero-order valence-corrected chi connectivity index (χ0v) is 16.5. The first-order valence-corrected chi connectivity index (χ1v) is 9.75. The number of rotatable bonds is 13. The molecule has 7 N–H and O–H groups in total. The number of nitrogens with one attached hydrogen (secondary N) is 3. The second-order valence-corrected chi connectivity index (χ2v) is 6.63. The van der Waals surface area contributed by atoms with Crippen LogP contribution in [0.5, 0.6) is 0 Å². The Kier molecular flexibility index (Phi) is 9.09. The zero-order valence-electron chi connectivity index (χ0n) is 16.5. The Hall–Kier alpha value is -2.10. The first-order valence-electron chi connectivity index (χ1n) is 9.75. The van der Waals surface area contributed by atoms with E-state index in [1.807, 2.05) is 13.8 Å². The van der Waals surface area contributed by atoms with E-state index in [4.69, 9.17) is 11.5 Å². The van der Waals surface area contributed by atoms with Crippen LogP contribution in [0.25, 0.3) is 11.2 Å². The molecule has 0 saturated heterocycles. The average Bonchev–Trinajstić information content (AvgIpc) is 2.64. The SMILES string of the molecule is Cc1nc2nc(N)nc(NCCCNCCCCNCCCN)c2nc1C. The molecule has 0 aromatic carbocycles. The molecule has 0 unspecified atom stereocenters. The summed E-state index contributed by atoms with van der Waals surface area (Å²) in [6.07, 6.45) is 4.38. The van der Waals surface area contributed by atoms with Gasteiger partial charge in [-0.25, -0.2) is 9.97 Å². The molecule has 0 aliphatic carbocycles. The molecule has 2 rings (SSSR count). The van der Waals surface area contributed by atoms with Gasteiger partial charge in [-0.3, -0.25) is 0 Å². The molecule has 0 spiro atoms. The maximum absolute atomic E-state index is 5.80. The molecule has 0 aliphatic rings. The Bertz CT molecular complexity index is 705. The summed E-state index contributed by atoms with van der Waals surface area (Å²) in [5.74, 6) is 0.859. The van der Waals surface area contributed by atoms with Crippen molar-refractivity contribution in [3.8, 4) is 0 Å². The lowest BCUT2D eigenvalue weighted by Gasteiger charge is -2.10. The van der Waals surface area contributed by atoms with E-state index in [1.54, 1.807) is 0 Å². The van der Waals surface area contributed by atoms with Crippen molar-refractivity contribution in [1.82, 2.24) is 30.6 Å². The van der Waals surface area contributed by atoms with Crippen molar-refractivity contribution in [2.45, 2.75) is 39.5 Å². The van der Waals surface area contributed by atoms with Gasteiger partial charge in [0.1, 0.15) is 0 Å². The molecule has 9 heteroatoms. The van der Waals surface area contributed by atoms with Crippen molar-refractivity contribution in [3.05, 3.63) is 11.4 Å². The fourth-order valence-corrected chi connectivity index (χ4v) is 2.65. The Labute approximate surface area is 161 Å². The molecule has 2 heterocycles. The summed E-state index contributed by atoms with van der Waals surface area (Å²) in [5.41, 5.74) is 14.2. The van der Waals surface area contributed by atoms with E-state index in [0.717, 1.165) is 63.5 Å². The van der Waals surface area contributed by atoms with Crippen molar-refractivity contribution in [2.75, 3.05) is 50.3 Å². The summed E-state index contributed by atoms with van der Waals surface area (Å²) in [7, 11) is 0. The molecule has 0 aliphatic heterocycles. The number of nitrogen functional groups attached to an aromatic ring is 1. The first kappa shape index (κ1) is 21.2. The highest BCUT2D eigenvalue weighted by atomic mass is 15.1. The van der Waals surface area contributed by atoms with Crippen molar-refractivity contribution >= 4 is 22.9 Å². The second kappa shape index (κ2) is 11.6. The number of nitrogens with two attached hydrogens (primary N) is 2. The molecule has 0 radical (unpaired) electrons. The van der Waals surface area contributed by atoms with E-state index < -0.39 is 0 Å². The van der Waals surface area contributed by atoms with Gasteiger partial charge in [0.05, 0.1) is 11.4 Å². The fraction of sp³-hybridized carbons (Fsp3) is 0.667. The molecule has 2 aromatic rings. The van der Waals surface area contributed by atoms with Crippen LogP contribution >= 0.6 is 0 Å². The molecule has 0 amide bonds. The second-order valence-electron chi connectivity index (χ2n) is 6.63. The third kappa shape index (κ3) is 7.20. The lowest BCUT2D eigenvalue weighted by Crippen LogP contribution is -2.22. The first-order chi connectivity index (χ1) is 13.1. The van der Waals surface area contributed by atoms with Crippen LogP contribution in [0, 0.1) is 13.8 Å². The van der Waals surface area contributed by atoms with Crippen LogP contribution in [0.2, 0.25) is 0 Å². The van der Waals surface area contributed by atoms with Gasteiger partial charge in [0.15, 0.2) is 17.0 Å². The number of nitrogens with zero attached hydrogens (tertiary/aromatic N) is 4. The van der Waals surface area contributed by atoms with Gasteiger partial charge >= 0.3 is 0 Å². The maximum atomic E-state index is 5.80. The smallest absolute Gasteiger partial charge is 0.224 e. The summed E-state index contributed by atoms with van der Waals surface area (Å²) in [6, 6.07) is 0. The van der Waals surface area contributed by atoms with Crippen LogP contribution < -0.4 is 27.4 Å². The monoisotopic (exact) mass is 375 g/mol. The van der Waals surface area contributed by atoms with Gasteiger partial charge in [0.25, 0.3) is 0 Å². The lowest BCUT2D eigenvalue weighted by molar-refractivity contribution is 0.572. The summed E-state index contributed by atoms with van der Waals surface area (Å²) in [6.45, 7) is 9.45. The maximum Gasteiger partial charge on any atom is 0.224 e.